The number of benzene rings is 2. The van der Waals surface area contributed by atoms with Gasteiger partial charge >= 0.3 is 5.97 Å². The SMILES string of the molecule is Cl.O=C(CCCc1ccc(-c2ccc(Cl)cc2)cc1)ON1CCNCC1. The predicted molar refractivity (Wildman–Crippen MR) is 108 cm³/mol. The fourth-order valence-corrected chi connectivity index (χ4v) is 2.99. The van der Waals surface area contributed by atoms with Crippen molar-refractivity contribution in [3.63, 3.8) is 0 Å². The van der Waals surface area contributed by atoms with Crippen LogP contribution in [0.25, 0.3) is 11.1 Å². The van der Waals surface area contributed by atoms with E-state index in [1.165, 1.54) is 11.1 Å². The van der Waals surface area contributed by atoms with Crippen LogP contribution in [-0.4, -0.2) is 37.2 Å². The number of hydroxylamine groups is 2. The summed E-state index contributed by atoms with van der Waals surface area (Å²) in [4.78, 5) is 17.2. The summed E-state index contributed by atoms with van der Waals surface area (Å²) in [5.74, 6) is -0.139. The highest BCUT2D eigenvalue weighted by molar-refractivity contribution is 6.30. The fourth-order valence-electron chi connectivity index (χ4n) is 2.87. The highest BCUT2D eigenvalue weighted by atomic mass is 35.5. The lowest BCUT2D eigenvalue weighted by atomic mass is 10.0. The molecule has 2 aromatic carbocycles. The minimum Gasteiger partial charge on any atom is -0.368 e. The Morgan fingerprint density at radius 1 is 1.00 bits per heavy atom. The van der Waals surface area contributed by atoms with Gasteiger partial charge in [0.15, 0.2) is 0 Å². The summed E-state index contributed by atoms with van der Waals surface area (Å²) >= 11 is 5.92. The van der Waals surface area contributed by atoms with Gasteiger partial charge in [-0.05, 0) is 41.7 Å². The standard InChI is InChI=1S/C20H23ClN2O2.ClH/c21-19-10-8-18(9-11-19)17-6-4-16(5-7-17)2-1-3-20(24)25-23-14-12-22-13-15-23;/h4-11,22H,1-3,12-15H2;1H. The molecule has 6 heteroatoms. The number of hydrogen-bond donors (Lipinski definition) is 1. The molecule has 1 aliphatic rings. The molecule has 0 aliphatic carbocycles. The third-order valence-corrected chi connectivity index (χ3v) is 4.54. The molecule has 26 heavy (non-hydrogen) atoms. The van der Waals surface area contributed by atoms with Gasteiger partial charge < -0.3 is 10.2 Å². The number of carbonyl (C=O) groups excluding carboxylic acids is 1. The second kappa shape index (κ2) is 10.5. The number of nitrogens with one attached hydrogen (secondary N) is 1. The fraction of sp³-hybridized carbons (Fsp3) is 0.350. The lowest BCUT2D eigenvalue weighted by Gasteiger charge is -2.25. The second-order valence-corrected chi connectivity index (χ2v) is 6.64. The summed E-state index contributed by atoms with van der Waals surface area (Å²) in [5.41, 5.74) is 3.54. The van der Waals surface area contributed by atoms with Crippen molar-refractivity contribution in [2.75, 3.05) is 26.2 Å². The van der Waals surface area contributed by atoms with Crippen LogP contribution in [0.5, 0.6) is 0 Å². The Bertz CT molecular complexity index is 684. The van der Waals surface area contributed by atoms with Gasteiger partial charge in [-0.25, -0.2) is 0 Å². The molecule has 1 heterocycles. The molecule has 140 valence electrons. The van der Waals surface area contributed by atoms with E-state index in [1.54, 1.807) is 5.06 Å². The van der Waals surface area contributed by atoms with E-state index in [4.69, 9.17) is 16.4 Å². The van der Waals surface area contributed by atoms with Crippen molar-refractivity contribution >= 4 is 30.0 Å². The van der Waals surface area contributed by atoms with Crippen LogP contribution in [0.15, 0.2) is 48.5 Å². The van der Waals surface area contributed by atoms with Crippen molar-refractivity contribution in [1.82, 2.24) is 10.4 Å². The minimum absolute atomic E-state index is 0. The van der Waals surface area contributed by atoms with Gasteiger partial charge in [-0.2, -0.15) is 0 Å². The van der Waals surface area contributed by atoms with E-state index in [0.717, 1.165) is 49.6 Å². The van der Waals surface area contributed by atoms with Crippen LogP contribution in [0, 0.1) is 0 Å². The zero-order valence-corrected chi connectivity index (χ0v) is 16.2. The first-order valence-electron chi connectivity index (χ1n) is 8.72. The van der Waals surface area contributed by atoms with Gasteiger partial charge in [-0.15, -0.1) is 17.5 Å². The van der Waals surface area contributed by atoms with Crippen molar-refractivity contribution in [1.29, 1.82) is 0 Å². The molecule has 1 aliphatic heterocycles. The maximum Gasteiger partial charge on any atom is 0.325 e. The van der Waals surface area contributed by atoms with Crippen LogP contribution >= 0.6 is 24.0 Å². The van der Waals surface area contributed by atoms with Gasteiger partial charge in [0.2, 0.25) is 0 Å². The number of hydrogen-bond acceptors (Lipinski definition) is 4. The van der Waals surface area contributed by atoms with E-state index in [0.29, 0.717) is 6.42 Å². The largest absolute Gasteiger partial charge is 0.368 e. The van der Waals surface area contributed by atoms with Crippen molar-refractivity contribution in [2.45, 2.75) is 19.3 Å². The summed E-state index contributed by atoms with van der Waals surface area (Å²) in [7, 11) is 0. The molecule has 1 fully saturated rings. The van der Waals surface area contributed by atoms with Crippen LogP contribution in [0.1, 0.15) is 18.4 Å². The van der Waals surface area contributed by atoms with Crippen molar-refractivity contribution < 1.29 is 9.63 Å². The van der Waals surface area contributed by atoms with Crippen LogP contribution < -0.4 is 5.32 Å². The second-order valence-electron chi connectivity index (χ2n) is 6.20. The Labute approximate surface area is 165 Å². The molecule has 0 amide bonds. The molecule has 0 atom stereocenters. The summed E-state index contributed by atoms with van der Waals surface area (Å²) in [6.45, 7) is 3.26. The number of carbonyl (C=O) groups is 1. The van der Waals surface area contributed by atoms with E-state index < -0.39 is 0 Å². The molecule has 0 aromatic heterocycles. The van der Waals surface area contributed by atoms with E-state index in [9.17, 15) is 4.79 Å². The quantitative estimate of drug-likeness (QED) is 0.799. The lowest BCUT2D eigenvalue weighted by Crippen LogP contribution is -2.44. The zero-order valence-electron chi connectivity index (χ0n) is 14.6. The molecule has 0 radical (unpaired) electrons. The van der Waals surface area contributed by atoms with Gasteiger partial charge in [0.25, 0.3) is 0 Å². The Balaban J connectivity index is 0.00000243. The molecule has 0 spiro atoms. The first kappa shape index (κ1) is 20.7. The first-order chi connectivity index (χ1) is 12.2. The average molecular weight is 395 g/mol. The van der Waals surface area contributed by atoms with Crippen LogP contribution in [0.2, 0.25) is 5.02 Å². The molecular weight excluding hydrogens is 371 g/mol. The third kappa shape index (κ3) is 6.29. The highest BCUT2D eigenvalue weighted by Gasteiger charge is 2.14. The van der Waals surface area contributed by atoms with E-state index in [-0.39, 0.29) is 18.4 Å². The van der Waals surface area contributed by atoms with Gasteiger partial charge in [0.05, 0.1) is 0 Å². The monoisotopic (exact) mass is 394 g/mol. The van der Waals surface area contributed by atoms with E-state index >= 15 is 0 Å². The summed E-state index contributed by atoms with van der Waals surface area (Å²) < 4.78 is 0. The Kier molecular flexibility index (Phi) is 8.39. The average Bonchev–Trinajstić information content (AvgIpc) is 2.64. The van der Waals surface area contributed by atoms with Crippen LogP contribution in [0.3, 0.4) is 0 Å². The first-order valence-corrected chi connectivity index (χ1v) is 9.10. The summed E-state index contributed by atoms with van der Waals surface area (Å²) in [6, 6.07) is 16.3. The molecule has 0 unspecified atom stereocenters. The van der Waals surface area contributed by atoms with Crippen molar-refractivity contribution in [3.05, 3.63) is 59.1 Å². The number of piperazine rings is 1. The molecule has 1 N–H and O–H groups in total. The molecule has 1 saturated heterocycles. The summed E-state index contributed by atoms with van der Waals surface area (Å²) in [5, 5.41) is 5.73. The molecule has 3 rings (SSSR count). The lowest BCUT2D eigenvalue weighted by molar-refractivity contribution is -0.192. The van der Waals surface area contributed by atoms with Gasteiger partial charge in [0.1, 0.15) is 0 Å². The molecule has 4 nitrogen and oxygen atoms in total. The predicted octanol–water partition coefficient (Wildman–Crippen LogP) is 4.11. The number of nitrogens with zero attached hydrogens (tertiary/aromatic N) is 1. The third-order valence-electron chi connectivity index (χ3n) is 4.28. The van der Waals surface area contributed by atoms with Crippen molar-refractivity contribution in [2.24, 2.45) is 0 Å². The minimum atomic E-state index is -0.139. The Morgan fingerprint density at radius 2 is 1.58 bits per heavy atom. The Hall–Kier alpha value is -1.59. The number of rotatable bonds is 6. The molecule has 2 aromatic rings. The van der Waals surface area contributed by atoms with E-state index in [2.05, 4.69) is 29.6 Å². The van der Waals surface area contributed by atoms with Gasteiger partial charge in [-0.1, -0.05) is 48.0 Å². The van der Waals surface area contributed by atoms with E-state index in [1.807, 2.05) is 24.3 Å². The van der Waals surface area contributed by atoms with Gasteiger partial charge in [0, 0.05) is 37.6 Å². The number of halogens is 2. The Morgan fingerprint density at radius 3 is 2.19 bits per heavy atom. The highest BCUT2D eigenvalue weighted by Crippen LogP contribution is 2.22. The molecule has 0 bridgehead atoms. The number of aryl methyl sites for hydroxylation is 1. The van der Waals surface area contributed by atoms with Crippen LogP contribution in [0.4, 0.5) is 0 Å². The maximum absolute atomic E-state index is 11.9. The zero-order chi connectivity index (χ0) is 17.5. The molecular formula is C20H24Cl2N2O2. The maximum atomic E-state index is 11.9. The topological polar surface area (TPSA) is 41.6 Å². The van der Waals surface area contributed by atoms with Crippen molar-refractivity contribution in [3.8, 4) is 11.1 Å². The smallest absolute Gasteiger partial charge is 0.325 e. The molecule has 0 saturated carbocycles. The van der Waals surface area contributed by atoms with Crippen LogP contribution in [-0.2, 0) is 16.1 Å². The summed E-state index contributed by atoms with van der Waals surface area (Å²) in [6.07, 6.45) is 2.12. The van der Waals surface area contributed by atoms with Gasteiger partial charge in [-0.3, -0.25) is 4.79 Å². The normalized spacial score (nSPS) is 14.5.